The number of hydrogen-bond acceptors (Lipinski definition) is 9. The van der Waals surface area contributed by atoms with Crippen molar-refractivity contribution in [3.8, 4) is 0 Å². The number of carboxylic acid groups (broad SMARTS) is 1. The molecule has 0 aliphatic carbocycles. The van der Waals surface area contributed by atoms with E-state index in [-0.39, 0.29) is 12.8 Å². The minimum absolute atomic E-state index is 0.0837. The molecule has 0 heterocycles. The first-order valence-corrected chi connectivity index (χ1v) is 21.4. The summed E-state index contributed by atoms with van der Waals surface area (Å²) in [7, 11) is -4.75. The third-order valence-corrected chi connectivity index (χ3v) is 8.50. The van der Waals surface area contributed by atoms with Gasteiger partial charge < -0.3 is 25.2 Å². The van der Waals surface area contributed by atoms with Crippen LogP contribution in [0.2, 0.25) is 0 Å². The number of ether oxygens (including phenoxy) is 2. The van der Waals surface area contributed by atoms with Gasteiger partial charge >= 0.3 is 25.7 Å². The number of carboxylic acids is 1. The van der Waals surface area contributed by atoms with Crippen molar-refractivity contribution in [1.29, 1.82) is 0 Å². The Labute approximate surface area is 336 Å². The Morgan fingerprint density at radius 3 is 1.48 bits per heavy atom. The fourth-order valence-electron chi connectivity index (χ4n) is 4.48. The number of aliphatic carboxylic acids is 1. The second-order valence-electron chi connectivity index (χ2n) is 12.7. The highest BCUT2D eigenvalue weighted by molar-refractivity contribution is 7.47. The van der Waals surface area contributed by atoms with Crippen LogP contribution in [0.25, 0.3) is 0 Å². The number of rotatable bonds is 35. The van der Waals surface area contributed by atoms with Crippen molar-refractivity contribution in [3.05, 3.63) is 109 Å². The van der Waals surface area contributed by atoms with E-state index in [2.05, 4.69) is 103 Å². The molecule has 0 amide bonds. The second-order valence-corrected chi connectivity index (χ2v) is 14.1. The highest BCUT2D eigenvalue weighted by Gasteiger charge is 2.28. The fraction of sp³-hybridized carbons (Fsp3) is 0.523. The smallest absolute Gasteiger partial charge is 0.472 e. The molecule has 56 heavy (non-hydrogen) atoms. The Morgan fingerprint density at radius 2 is 1.00 bits per heavy atom. The van der Waals surface area contributed by atoms with Crippen LogP contribution in [0.4, 0.5) is 0 Å². The molecule has 4 N–H and O–H groups in total. The molecule has 0 radical (unpaired) electrons. The van der Waals surface area contributed by atoms with Crippen LogP contribution < -0.4 is 5.73 Å². The van der Waals surface area contributed by atoms with Gasteiger partial charge in [-0.2, -0.15) is 0 Å². The molecular weight excluding hydrogens is 733 g/mol. The highest BCUT2D eigenvalue weighted by atomic mass is 31.2. The van der Waals surface area contributed by atoms with Gasteiger partial charge in [-0.3, -0.25) is 23.4 Å². The molecule has 0 aliphatic rings. The third kappa shape index (κ3) is 37.1. The standard InChI is InChI=1S/C44H68NO10P/c1-3-5-7-9-11-13-15-17-19-20-22-23-25-27-29-31-33-35-42(46)52-37-40(38-53-56(50,51)54-39-41(45)44(48)49)55-43(47)36-34-32-30-28-26-24-21-18-16-14-12-10-8-6-4-2/h5-8,11-14,17-19,21-23,26,28,32,34,40-41H,3-4,9-10,15-16,20,24-25,27,29-31,33,35-39,45H2,1-2H3,(H,48,49)(H,50,51)/b7-5-,8-6-,13-11-,14-12-,19-17-,21-18-,23-22-,28-26-,34-32-. The summed E-state index contributed by atoms with van der Waals surface area (Å²) in [6.45, 7) is 2.41. The molecule has 0 aromatic heterocycles. The lowest BCUT2D eigenvalue weighted by molar-refractivity contribution is -0.160. The van der Waals surface area contributed by atoms with Crippen molar-refractivity contribution in [3.63, 3.8) is 0 Å². The molecule has 0 aromatic rings. The van der Waals surface area contributed by atoms with E-state index in [0.717, 1.165) is 77.0 Å². The van der Waals surface area contributed by atoms with Crippen molar-refractivity contribution in [1.82, 2.24) is 0 Å². The lowest BCUT2D eigenvalue weighted by Crippen LogP contribution is -2.34. The van der Waals surface area contributed by atoms with E-state index < -0.39 is 57.7 Å². The summed E-state index contributed by atoms with van der Waals surface area (Å²) in [6.07, 6.45) is 49.0. The van der Waals surface area contributed by atoms with Crippen molar-refractivity contribution in [2.75, 3.05) is 19.8 Å². The zero-order valence-corrected chi connectivity index (χ0v) is 34.6. The minimum atomic E-state index is -4.75. The van der Waals surface area contributed by atoms with E-state index in [0.29, 0.717) is 12.8 Å². The van der Waals surface area contributed by atoms with Crippen molar-refractivity contribution in [2.24, 2.45) is 5.73 Å². The van der Waals surface area contributed by atoms with Crippen LogP contribution >= 0.6 is 7.82 Å². The van der Waals surface area contributed by atoms with Crippen LogP contribution in [0.5, 0.6) is 0 Å². The third-order valence-electron chi connectivity index (χ3n) is 7.55. The van der Waals surface area contributed by atoms with Gasteiger partial charge in [0.25, 0.3) is 0 Å². The number of carbonyl (C=O) groups is 3. The summed E-state index contributed by atoms with van der Waals surface area (Å²) in [5.41, 5.74) is 5.31. The number of carbonyl (C=O) groups excluding carboxylic acids is 2. The van der Waals surface area contributed by atoms with Crippen LogP contribution in [0.15, 0.2) is 109 Å². The minimum Gasteiger partial charge on any atom is -0.480 e. The maximum absolute atomic E-state index is 12.5. The first kappa shape index (κ1) is 52.1. The zero-order valence-electron chi connectivity index (χ0n) is 33.7. The lowest BCUT2D eigenvalue weighted by Gasteiger charge is -2.20. The molecule has 3 unspecified atom stereocenters. The van der Waals surface area contributed by atoms with Gasteiger partial charge in [0.2, 0.25) is 0 Å². The molecule has 0 aromatic carbocycles. The summed E-state index contributed by atoms with van der Waals surface area (Å²) in [5.74, 6) is -2.59. The summed E-state index contributed by atoms with van der Waals surface area (Å²) in [4.78, 5) is 45.8. The van der Waals surface area contributed by atoms with Gasteiger partial charge in [0.1, 0.15) is 12.6 Å². The lowest BCUT2D eigenvalue weighted by atomic mass is 10.1. The Bertz CT molecular complexity index is 1360. The molecule has 0 spiro atoms. The van der Waals surface area contributed by atoms with Gasteiger partial charge in [0, 0.05) is 6.42 Å². The number of phosphoric acid groups is 1. The van der Waals surface area contributed by atoms with Gasteiger partial charge in [-0.15, -0.1) is 0 Å². The topological polar surface area (TPSA) is 172 Å². The molecule has 0 saturated carbocycles. The summed E-state index contributed by atoms with van der Waals surface area (Å²) in [6, 6.07) is -1.54. The van der Waals surface area contributed by atoms with Crippen LogP contribution in [0.3, 0.4) is 0 Å². The number of hydrogen-bond donors (Lipinski definition) is 3. The summed E-state index contributed by atoms with van der Waals surface area (Å²) in [5, 5.41) is 8.87. The van der Waals surface area contributed by atoms with E-state index in [1.54, 1.807) is 6.08 Å². The number of esters is 2. The fourth-order valence-corrected chi connectivity index (χ4v) is 5.26. The van der Waals surface area contributed by atoms with Gasteiger partial charge in [-0.25, -0.2) is 4.57 Å². The molecule has 3 atom stereocenters. The van der Waals surface area contributed by atoms with Crippen LogP contribution in [0, 0.1) is 0 Å². The number of allylic oxidation sites excluding steroid dienone is 17. The van der Waals surface area contributed by atoms with Gasteiger partial charge in [0.05, 0.1) is 19.6 Å². The SMILES string of the molecule is CC/C=C\C/C=C\C/C=C\C/C=C\C/C=C\CC(=O)OC(COC(=O)CCCCCC/C=C\C/C=C\C/C=C\C/C=C\CC)COP(=O)(O)OCC(N)C(=O)O. The van der Waals surface area contributed by atoms with Crippen LogP contribution in [0.1, 0.15) is 117 Å². The molecule has 0 fully saturated rings. The Kier molecular flexibility index (Phi) is 35.4. The molecule has 0 saturated heterocycles. The number of unbranched alkanes of at least 4 members (excludes halogenated alkanes) is 4. The maximum Gasteiger partial charge on any atom is 0.472 e. The normalized spacial score (nSPS) is 14.9. The van der Waals surface area contributed by atoms with Crippen molar-refractivity contribution < 1.29 is 47.5 Å². The predicted octanol–water partition coefficient (Wildman–Crippen LogP) is 10.3. The largest absolute Gasteiger partial charge is 0.480 e. The zero-order chi connectivity index (χ0) is 41.4. The monoisotopic (exact) mass is 801 g/mol. The molecule has 314 valence electrons. The van der Waals surface area contributed by atoms with E-state index in [4.69, 9.17) is 24.8 Å². The quantitative estimate of drug-likeness (QED) is 0.0241. The summed E-state index contributed by atoms with van der Waals surface area (Å²) < 4.78 is 32.5. The first-order chi connectivity index (χ1) is 27.1. The van der Waals surface area contributed by atoms with E-state index in [9.17, 15) is 23.8 Å². The second kappa shape index (κ2) is 38.0. The van der Waals surface area contributed by atoms with E-state index in [1.807, 2.05) is 18.2 Å². The molecule has 0 aliphatic heterocycles. The van der Waals surface area contributed by atoms with E-state index >= 15 is 0 Å². The van der Waals surface area contributed by atoms with Crippen molar-refractivity contribution >= 4 is 25.7 Å². The number of phosphoric ester groups is 1. The summed E-state index contributed by atoms with van der Waals surface area (Å²) >= 11 is 0. The molecular formula is C44H68NO10P. The molecule has 12 heteroatoms. The van der Waals surface area contributed by atoms with Crippen molar-refractivity contribution in [2.45, 2.75) is 129 Å². The predicted molar refractivity (Wildman–Crippen MR) is 226 cm³/mol. The van der Waals surface area contributed by atoms with Gasteiger partial charge in [-0.05, 0) is 77.0 Å². The average Bonchev–Trinajstić information content (AvgIpc) is 3.17. The molecule has 11 nitrogen and oxygen atoms in total. The first-order valence-electron chi connectivity index (χ1n) is 19.9. The van der Waals surface area contributed by atoms with Crippen LogP contribution in [-0.4, -0.2) is 59.9 Å². The Morgan fingerprint density at radius 1 is 0.571 bits per heavy atom. The maximum atomic E-state index is 12.5. The average molecular weight is 802 g/mol. The van der Waals surface area contributed by atoms with Crippen LogP contribution in [-0.2, 0) is 37.5 Å². The van der Waals surface area contributed by atoms with Gasteiger partial charge in [-0.1, -0.05) is 136 Å². The molecule has 0 bridgehead atoms. The highest BCUT2D eigenvalue weighted by Crippen LogP contribution is 2.43. The molecule has 0 rings (SSSR count). The Hall–Kier alpha value is -3.86. The van der Waals surface area contributed by atoms with Gasteiger partial charge in [0.15, 0.2) is 6.10 Å². The number of nitrogens with two attached hydrogens (primary N) is 1. The Balaban J connectivity index is 4.61. The van der Waals surface area contributed by atoms with E-state index in [1.165, 1.54) is 0 Å².